The van der Waals surface area contributed by atoms with Gasteiger partial charge in [0.15, 0.2) is 0 Å². The number of benzene rings is 1. The number of carbonyl (C=O) groups excluding carboxylic acids is 1. The molecule has 0 aliphatic carbocycles. The summed E-state index contributed by atoms with van der Waals surface area (Å²) in [6.45, 7) is 6.30. The second-order valence-corrected chi connectivity index (χ2v) is 5.62. The van der Waals surface area contributed by atoms with Crippen LogP contribution in [-0.4, -0.2) is 19.0 Å². The summed E-state index contributed by atoms with van der Waals surface area (Å²) in [7, 11) is 0. The highest BCUT2D eigenvalue weighted by atomic mass is 16.1. The first kappa shape index (κ1) is 14.1. The molecule has 1 atom stereocenters. The van der Waals surface area contributed by atoms with Gasteiger partial charge in [-0.15, -0.1) is 0 Å². The Bertz CT molecular complexity index is 436. The van der Waals surface area contributed by atoms with Gasteiger partial charge in [-0.3, -0.25) is 4.79 Å². The smallest absolute Gasteiger partial charge is 0.224 e. The summed E-state index contributed by atoms with van der Waals surface area (Å²) >= 11 is 0. The number of aryl methyl sites for hydroxylation is 2. The monoisotopic (exact) mass is 260 g/mol. The van der Waals surface area contributed by atoms with Gasteiger partial charge in [-0.2, -0.15) is 0 Å². The molecule has 1 unspecified atom stereocenters. The lowest BCUT2D eigenvalue weighted by atomic mass is 9.94. The van der Waals surface area contributed by atoms with Gasteiger partial charge in [0, 0.05) is 12.1 Å². The van der Waals surface area contributed by atoms with Crippen molar-refractivity contribution in [3.63, 3.8) is 0 Å². The number of hydrogen-bond acceptors (Lipinski definition) is 2. The van der Waals surface area contributed by atoms with Crippen molar-refractivity contribution in [2.75, 3.05) is 18.4 Å². The Morgan fingerprint density at radius 2 is 2.26 bits per heavy atom. The van der Waals surface area contributed by atoms with Gasteiger partial charge in [0.2, 0.25) is 5.91 Å². The van der Waals surface area contributed by atoms with E-state index in [4.69, 9.17) is 0 Å². The largest absolute Gasteiger partial charge is 0.326 e. The van der Waals surface area contributed by atoms with Gasteiger partial charge in [0.1, 0.15) is 0 Å². The van der Waals surface area contributed by atoms with E-state index in [0.29, 0.717) is 12.3 Å². The minimum absolute atomic E-state index is 0.137. The summed E-state index contributed by atoms with van der Waals surface area (Å²) in [6, 6.07) is 6.12. The molecule has 3 nitrogen and oxygen atoms in total. The molecule has 0 spiro atoms. The maximum Gasteiger partial charge on any atom is 0.224 e. The van der Waals surface area contributed by atoms with E-state index in [0.717, 1.165) is 30.8 Å². The molecule has 2 rings (SSSR count). The van der Waals surface area contributed by atoms with E-state index < -0.39 is 0 Å². The minimum atomic E-state index is 0.137. The number of carbonyl (C=O) groups is 1. The molecule has 0 saturated carbocycles. The van der Waals surface area contributed by atoms with Crippen molar-refractivity contribution < 1.29 is 4.79 Å². The van der Waals surface area contributed by atoms with E-state index >= 15 is 0 Å². The molecule has 19 heavy (non-hydrogen) atoms. The summed E-state index contributed by atoms with van der Waals surface area (Å²) in [5, 5.41) is 6.41. The van der Waals surface area contributed by atoms with E-state index in [-0.39, 0.29) is 5.91 Å². The van der Waals surface area contributed by atoms with Crippen LogP contribution in [0.25, 0.3) is 0 Å². The van der Waals surface area contributed by atoms with E-state index in [1.165, 1.54) is 18.4 Å². The fraction of sp³-hybridized carbons (Fsp3) is 0.562. The van der Waals surface area contributed by atoms with Crippen molar-refractivity contribution in [3.05, 3.63) is 29.3 Å². The van der Waals surface area contributed by atoms with Crippen molar-refractivity contribution in [1.29, 1.82) is 0 Å². The summed E-state index contributed by atoms with van der Waals surface area (Å²) in [4.78, 5) is 12.0. The molecule has 0 radical (unpaired) electrons. The molecule has 104 valence electrons. The summed E-state index contributed by atoms with van der Waals surface area (Å²) in [5.41, 5.74) is 3.30. The van der Waals surface area contributed by atoms with E-state index in [9.17, 15) is 4.79 Å². The van der Waals surface area contributed by atoms with Crippen LogP contribution in [0.3, 0.4) is 0 Å². The van der Waals surface area contributed by atoms with Crippen molar-refractivity contribution in [1.82, 2.24) is 5.32 Å². The van der Waals surface area contributed by atoms with Gasteiger partial charge in [0.25, 0.3) is 0 Å². The third-order valence-corrected chi connectivity index (χ3v) is 3.83. The fourth-order valence-electron chi connectivity index (χ4n) is 2.67. The van der Waals surface area contributed by atoms with Crippen LogP contribution in [0.1, 0.15) is 36.8 Å². The van der Waals surface area contributed by atoms with Crippen LogP contribution in [0.5, 0.6) is 0 Å². The van der Waals surface area contributed by atoms with Gasteiger partial charge in [-0.05, 0) is 63.7 Å². The Labute approximate surface area is 115 Å². The van der Waals surface area contributed by atoms with Crippen molar-refractivity contribution in [2.24, 2.45) is 5.92 Å². The molecule has 1 aromatic carbocycles. The Morgan fingerprint density at radius 1 is 1.42 bits per heavy atom. The molecule has 1 saturated heterocycles. The summed E-state index contributed by atoms with van der Waals surface area (Å²) < 4.78 is 0. The van der Waals surface area contributed by atoms with Crippen molar-refractivity contribution in [3.8, 4) is 0 Å². The topological polar surface area (TPSA) is 41.1 Å². The number of nitrogens with one attached hydrogen (secondary N) is 2. The van der Waals surface area contributed by atoms with Crippen molar-refractivity contribution >= 4 is 11.6 Å². The molecular weight excluding hydrogens is 236 g/mol. The first-order chi connectivity index (χ1) is 9.15. The molecule has 1 aliphatic heterocycles. The lowest BCUT2D eigenvalue weighted by molar-refractivity contribution is -0.116. The third kappa shape index (κ3) is 4.35. The minimum Gasteiger partial charge on any atom is -0.326 e. The zero-order valence-corrected chi connectivity index (χ0v) is 12.0. The van der Waals surface area contributed by atoms with Crippen molar-refractivity contribution in [2.45, 2.75) is 39.5 Å². The van der Waals surface area contributed by atoms with Crippen LogP contribution in [0.2, 0.25) is 0 Å². The molecular formula is C16H24N2O. The molecule has 1 aliphatic rings. The quantitative estimate of drug-likeness (QED) is 0.873. The predicted molar refractivity (Wildman–Crippen MR) is 79.4 cm³/mol. The average Bonchev–Trinajstić information content (AvgIpc) is 2.41. The van der Waals surface area contributed by atoms with Gasteiger partial charge in [-0.1, -0.05) is 17.7 Å². The molecule has 2 N–H and O–H groups in total. The highest BCUT2D eigenvalue weighted by Crippen LogP contribution is 2.19. The maximum atomic E-state index is 12.0. The lowest BCUT2D eigenvalue weighted by Gasteiger charge is -2.22. The Hall–Kier alpha value is -1.35. The summed E-state index contributed by atoms with van der Waals surface area (Å²) in [5.74, 6) is 0.802. The first-order valence-corrected chi connectivity index (χ1v) is 7.23. The van der Waals surface area contributed by atoms with E-state index in [1.807, 2.05) is 19.1 Å². The second kappa shape index (κ2) is 6.71. The second-order valence-electron chi connectivity index (χ2n) is 5.62. The SMILES string of the molecule is Cc1ccc(NC(=O)CCC2CCCNC2)c(C)c1. The number of piperidine rings is 1. The number of hydrogen-bond donors (Lipinski definition) is 2. The maximum absolute atomic E-state index is 12.0. The number of amides is 1. The first-order valence-electron chi connectivity index (χ1n) is 7.23. The van der Waals surface area contributed by atoms with Crippen LogP contribution in [0.15, 0.2) is 18.2 Å². The van der Waals surface area contributed by atoms with Gasteiger partial charge < -0.3 is 10.6 Å². The average molecular weight is 260 g/mol. The van der Waals surface area contributed by atoms with Crippen LogP contribution >= 0.6 is 0 Å². The van der Waals surface area contributed by atoms with Crippen LogP contribution in [0.4, 0.5) is 5.69 Å². The lowest BCUT2D eigenvalue weighted by Crippen LogP contribution is -2.30. The normalized spacial score (nSPS) is 19.2. The van der Waals surface area contributed by atoms with E-state index in [2.05, 4.69) is 23.6 Å². The van der Waals surface area contributed by atoms with Gasteiger partial charge in [0.05, 0.1) is 0 Å². The highest BCUT2D eigenvalue weighted by molar-refractivity contribution is 5.91. The van der Waals surface area contributed by atoms with Crippen LogP contribution in [-0.2, 0) is 4.79 Å². The predicted octanol–water partition coefficient (Wildman–Crippen LogP) is 3.02. The Kier molecular flexibility index (Phi) is 4.97. The molecule has 0 aromatic heterocycles. The Balaban J connectivity index is 1.80. The third-order valence-electron chi connectivity index (χ3n) is 3.83. The zero-order chi connectivity index (χ0) is 13.7. The molecule has 1 fully saturated rings. The standard InChI is InChI=1S/C16H24N2O/c1-12-5-7-15(13(2)10-12)18-16(19)8-6-14-4-3-9-17-11-14/h5,7,10,14,17H,3-4,6,8-9,11H2,1-2H3,(H,18,19). The number of rotatable bonds is 4. The Morgan fingerprint density at radius 3 is 2.95 bits per heavy atom. The molecule has 1 aromatic rings. The summed E-state index contributed by atoms with van der Waals surface area (Å²) in [6.07, 6.45) is 4.11. The van der Waals surface area contributed by atoms with E-state index in [1.54, 1.807) is 0 Å². The zero-order valence-electron chi connectivity index (χ0n) is 12.0. The molecule has 1 heterocycles. The van der Waals surface area contributed by atoms with Crippen LogP contribution in [0, 0.1) is 19.8 Å². The molecule has 0 bridgehead atoms. The number of anilines is 1. The molecule has 1 amide bonds. The highest BCUT2D eigenvalue weighted by Gasteiger charge is 2.14. The van der Waals surface area contributed by atoms with Gasteiger partial charge in [-0.25, -0.2) is 0 Å². The molecule has 3 heteroatoms. The fourth-order valence-corrected chi connectivity index (χ4v) is 2.67. The van der Waals surface area contributed by atoms with Crippen LogP contribution < -0.4 is 10.6 Å². The van der Waals surface area contributed by atoms with Gasteiger partial charge >= 0.3 is 0 Å².